The molecule has 0 fully saturated rings. The highest BCUT2D eigenvalue weighted by molar-refractivity contribution is 9.10. The van der Waals surface area contributed by atoms with Gasteiger partial charge in [0.25, 0.3) is 0 Å². The van der Waals surface area contributed by atoms with Gasteiger partial charge in [-0.05, 0) is 29.8 Å². The van der Waals surface area contributed by atoms with Gasteiger partial charge in [0.15, 0.2) is 11.9 Å². The Balaban J connectivity index is 3.25. The van der Waals surface area contributed by atoms with E-state index in [0.29, 0.717) is 23.0 Å². The van der Waals surface area contributed by atoms with Crippen LogP contribution in [0.2, 0.25) is 0 Å². The summed E-state index contributed by atoms with van der Waals surface area (Å²) in [7, 11) is 0. The van der Waals surface area contributed by atoms with Gasteiger partial charge in [0.1, 0.15) is 0 Å². The van der Waals surface area contributed by atoms with Crippen molar-refractivity contribution in [3.8, 4) is 0 Å². The SMILES string of the molecule is CCn1ncc(Br)c1C(C)(O)C=O. The Hall–Kier alpha value is -0.680. The number of nitrogens with zero attached hydrogens (tertiary/aromatic N) is 2. The van der Waals surface area contributed by atoms with Crippen molar-refractivity contribution in [1.82, 2.24) is 9.78 Å². The molecule has 0 aliphatic carbocycles. The van der Waals surface area contributed by atoms with Crippen LogP contribution in [0, 0.1) is 0 Å². The number of aryl methyl sites for hydroxylation is 1. The highest BCUT2D eigenvalue weighted by atomic mass is 79.9. The average molecular weight is 247 g/mol. The van der Waals surface area contributed by atoms with Crippen LogP contribution in [0.1, 0.15) is 19.5 Å². The van der Waals surface area contributed by atoms with Crippen LogP contribution in [0.4, 0.5) is 0 Å². The Morgan fingerprint density at radius 1 is 1.85 bits per heavy atom. The quantitative estimate of drug-likeness (QED) is 0.813. The molecule has 1 N–H and O–H groups in total. The molecule has 13 heavy (non-hydrogen) atoms. The van der Waals surface area contributed by atoms with Crippen molar-refractivity contribution in [2.75, 3.05) is 0 Å². The number of aromatic nitrogens is 2. The van der Waals surface area contributed by atoms with E-state index in [9.17, 15) is 9.90 Å². The molecule has 0 aliphatic rings. The molecule has 0 spiro atoms. The molecule has 1 unspecified atom stereocenters. The topological polar surface area (TPSA) is 55.1 Å². The van der Waals surface area contributed by atoms with Crippen LogP contribution in [0.15, 0.2) is 10.7 Å². The van der Waals surface area contributed by atoms with E-state index in [-0.39, 0.29) is 0 Å². The summed E-state index contributed by atoms with van der Waals surface area (Å²) in [5, 5.41) is 13.7. The minimum atomic E-state index is -1.48. The maximum Gasteiger partial charge on any atom is 0.159 e. The predicted molar refractivity (Wildman–Crippen MR) is 51.2 cm³/mol. The van der Waals surface area contributed by atoms with Gasteiger partial charge in [-0.25, -0.2) is 0 Å². The fourth-order valence-electron chi connectivity index (χ4n) is 1.16. The molecule has 5 heteroatoms. The van der Waals surface area contributed by atoms with Gasteiger partial charge in [-0.15, -0.1) is 0 Å². The van der Waals surface area contributed by atoms with Crippen LogP contribution < -0.4 is 0 Å². The number of hydrogen-bond acceptors (Lipinski definition) is 3. The Bertz CT molecular complexity index is 320. The summed E-state index contributed by atoms with van der Waals surface area (Å²) < 4.78 is 2.23. The van der Waals surface area contributed by atoms with Crippen molar-refractivity contribution in [3.05, 3.63) is 16.4 Å². The molecule has 0 aliphatic heterocycles. The summed E-state index contributed by atoms with van der Waals surface area (Å²) in [6.45, 7) is 3.95. The predicted octanol–water partition coefficient (Wildman–Crippen LogP) is 1.07. The highest BCUT2D eigenvalue weighted by Gasteiger charge is 2.29. The van der Waals surface area contributed by atoms with Crippen molar-refractivity contribution in [1.29, 1.82) is 0 Å². The van der Waals surface area contributed by atoms with E-state index < -0.39 is 5.60 Å². The van der Waals surface area contributed by atoms with Crippen molar-refractivity contribution in [2.24, 2.45) is 0 Å². The Morgan fingerprint density at radius 2 is 2.46 bits per heavy atom. The van der Waals surface area contributed by atoms with Crippen LogP contribution in [-0.4, -0.2) is 21.2 Å². The molecule has 1 aromatic rings. The molecule has 1 aromatic heterocycles. The second-order valence-corrected chi connectivity index (χ2v) is 3.78. The van der Waals surface area contributed by atoms with E-state index in [0.717, 1.165) is 0 Å². The first-order valence-electron chi connectivity index (χ1n) is 3.93. The number of carbonyl (C=O) groups excluding carboxylic acids is 1. The second kappa shape index (κ2) is 3.59. The summed E-state index contributed by atoms with van der Waals surface area (Å²) in [5.41, 5.74) is -0.990. The van der Waals surface area contributed by atoms with Crippen LogP contribution in [0.25, 0.3) is 0 Å². The van der Waals surface area contributed by atoms with E-state index in [1.807, 2.05) is 6.92 Å². The van der Waals surface area contributed by atoms with Crippen LogP contribution in [0.3, 0.4) is 0 Å². The largest absolute Gasteiger partial charge is 0.376 e. The van der Waals surface area contributed by atoms with Crippen molar-refractivity contribution >= 4 is 22.2 Å². The molecule has 0 saturated heterocycles. The van der Waals surface area contributed by atoms with Gasteiger partial charge < -0.3 is 5.11 Å². The zero-order chi connectivity index (χ0) is 10.1. The molecular weight excluding hydrogens is 236 g/mol. The molecule has 4 nitrogen and oxygen atoms in total. The maximum absolute atomic E-state index is 10.6. The van der Waals surface area contributed by atoms with E-state index in [1.54, 1.807) is 10.9 Å². The highest BCUT2D eigenvalue weighted by Crippen LogP contribution is 2.26. The van der Waals surface area contributed by atoms with Gasteiger partial charge in [-0.3, -0.25) is 9.48 Å². The van der Waals surface area contributed by atoms with Crippen molar-refractivity contribution < 1.29 is 9.90 Å². The fraction of sp³-hybridized carbons (Fsp3) is 0.500. The molecule has 0 radical (unpaired) electrons. The third-order valence-corrected chi connectivity index (χ3v) is 2.38. The number of halogens is 1. The molecule has 0 amide bonds. The zero-order valence-electron chi connectivity index (χ0n) is 7.49. The normalized spacial score (nSPS) is 15.4. The number of aldehydes is 1. The minimum Gasteiger partial charge on any atom is -0.376 e. The van der Waals surface area contributed by atoms with Gasteiger partial charge in [-0.1, -0.05) is 0 Å². The van der Waals surface area contributed by atoms with Gasteiger partial charge in [0, 0.05) is 6.54 Å². The molecular formula is C8H11BrN2O2. The fourth-order valence-corrected chi connectivity index (χ4v) is 1.86. The van der Waals surface area contributed by atoms with Crippen LogP contribution >= 0.6 is 15.9 Å². The monoisotopic (exact) mass is 246 g/mol. The Labute approximate surface area is 84.7 Å². The molecule has 1 atom stereocenters. The van der Waals surface area contributed by atoms with E-state index >= 15 is 0 Å². The number of rotatable bonds is 3. The number of aliphatic hydroxyl groups is 1. The van der Waals surface area contributed by atoms with Gasteiger partial charge in [0.05, 0.1) is 16.4 Å². The maximum atomic E-state index is 10.6. The molecule has 0 aromatic carbocycles. The minimum absolute atomic E-state index is 0.491. The van der Waals surface area contributed by atoms with E-state index in [4.69, 9.17) is 0 Å². The molecule has 0 bridgehead atoms. The Kier molecular flexibility index (Phi) is 2.87. The summed E-state index contributed by atoms with van der Waals surface area (Å²) in [5.74, 6) is 0. The first-order valence-corrected chi connectivity index (χ1v) is 4.72. The van der Waals surface area contributed by atoms with Gasteiger partial charge in [-0.2, -0.15) is 5.10 Å². The lowest BCUT2D eigenvalue weighted by Crippen LogP contribution is -2.27. The number of hydrogen-bond donors (Lipinski definition) is 1. The van der Waals surface area contributed by atoms with Crippen LogP contribution in [0.5, 0.6) is 0 Å². The summed E-state index contributed by atoms with van der Waals surface area (Å²) in [6.07, 6.45) is 2.07. The van der Waals surface area contributed by atoms with E-state index in [2.05, 4.69) is 21.0 Å². The molecule has 1 heterocycles. The molecule has 72 valence electrons. The van der Waals surface area contributed by atoms with Gasteiger partial charge in [0.2, 0.25) is 0 Å². The second-order valence-electron chi connectivity index (χ2n) is 2.92. The summed E-state index contributed by atoms with van der Waals surface area (Å²) in [4.78, 5) is 10.6. The standard InChI is InChI=1S/C8H11BrN2O2/c1-3-11-7(6(9)4-10-11)8(2,13)5-12/h4-5,13H,3H2,1-2H3. The molecule has 0 saturated carbocycles. The van der Waals surface area contributed by atoms with E-state index in [1.165, 1.54) is 6.92 Å². The van der Waals surface area contributed by atoms with Crippen molar-refractivity contribution in [2.45, 2.75) is 26.0 Å². The van der Waals surface area contributed by atoms with Crippen molar-refractivity contribution in [3.63, 3.8) is 0 Å². The van der Waals surface area contributed by atoms with Gasteiger partial charge >= 0.3 is 0 Å². The summed E-state index contributed by atoms with van der Waals surface area (Å²) in [6, 6.07) is 0. The number of carbonyl (C=O) groups is 1. The smallest absolute Gasteiger partial charge is 0.159 e. The first-order chi connectivity index (χ1) is 6.03. The zero-order valence-corrected chi connectivity index (χ0v) is 9.08. The third-order valence-electron chi connectivity index (χ3n) is 1.80. The van der Waals surface area contributed by atoms with Crippen LogP contribution in [-0.2, 0) is 16.9 Å². The summed E-state index contributed by atoms with van der Waals surface area (Å²) >= 11 is 3.23. The third kappa shape index (κ3) is 1.81. The average Bonchev–Trinajstić information content (AvgIpc) is 2.47. The lowest BCUT2D eigenvalue weighted by molar-refractivity contribution is -0.123. The molecule has 1 rings (SSSR count). The lowest BCUT2D eigenvalue weighted by Gasteiger charge is -2.17. The lowest BCUT2D eigenvalue weighted by atomic mass is 10.1. The Morgan fingerprint density at radius 3 is 2.92 bits per heavy atom. The first kappa shape index (κ1) is 10.4.